The summed E-state index contributed by atoms with van der Waals surface area (Å²) < 4.78 is 7.23. The molecule has 0 aliphatic heterocycles. The van der Waals surface area contributed by atoms with Gasteiger partial charge in [-0.05, 0) is 57.9 Å². The van der Waals surface area contributed by atoms with Crippen LogP contribution in [0.4, 0.5) is 5.82 Å². The van der Waals surface area contributed by atoms with Gasteiger partial charge in [-0.15, -0.1) is 0 Å². The fourth-order valence-corrected chi connectivity index (χ4v) is 4.64. The van der Waals surface area contributed by atoms with E-state index >= 15 is 0 Å². The SMILES string of the molecule is CCOC(=O)CCN(CC(=O)Nc1c(C#N)c(C)c(C)n1C1CCCCC1)CC1CC1. The van der Waals surface area contributed by atoms with E-state index in [9.17, 15) is 14.9 Å². The van der Waals surface area contributed by atoms with E-state index in [1.165, 1.54) is 32.1 Å². The van der Waals surface area contributed by atoms with Gasteiger partial charge in [0.2, 0.25) is 5.91 Å². The zero-order valence-electron chi connectivity index (χ0n) is 19.2. The first-order valence-electron chi connectivity index (χ1n) is 11.7. The second-order valence-electron chi connectivity index (χ2n) is 8.99. The van der Waals surface area contributed by atoms with Crippen molar-refractivity contribution in [3.05, 3.63) is 16.8 Å². The lowest BCUT2D eigenvalue weighted by molar-refractivity contribution is -0.143. The third kappa shape index (κ3) is 6.10. The second-order valence-corrected chi connectivity index (χ2v) is 8.99. The van der Waals surface area contributed by atoms with Crippen LogP contribution in [-0.2, 0) is 14.3 Å². The molecular weight excluding hydrogens is 392 g/mol. The number of esters is 1. The first-order chi connectivity index (χ1) is 14.9. The number of rotatable bonds is 10. The van der Waals surface area contributed by atoms with Gasteiger partial charge in [-0.25, -0.2) is 0 Å². The molecule has 3 rings (SSSR count). The van der Waals surface area contributed by atoms with Crippen LogP contribution < -0.4 is 5.32 Å². The number of hydrogen-bond acceptors (Lipinski definition) is 5. The van der Waals surface area contributed by atoms with E-state index in [0.717, 1.165) is 30.6 Å². The van der Waals surface area contributed by atoms with Crippen LogP contribution in [0.15, 0.2) is 0 Å². The summed E-state index contributed by atoms with van der Waals surface area (Å²) in [5.74, 6) is 0.898. The molecule has 31 heavy (non-hydrogen) atoms. The predicted octanol–water partition coefficient (Wildman–Crippen LogP) is 4.09. The number of carbonyl (C=O) groups is 2. The first kappa shape index (κ1) is 23.3. The van der Waals surface area contributed by atoms with Crippen LogP contribution in [0.3, 0.4) is 0 Å². The minimum Gasteiger partial charge on any atom is -0.466 e. The number of nitrogens with zero attached hydrogens (tertiary/aromatic N) is 3. The minimum absolute atomic E-state index is 0.129. The number of nitrogens with one attached hydrogen (secondary N) is 1. The number of ether oxygens (including phenoxy) is 1. The van der Waals surface area contributed by atoms with Crippen LogP contribution in [0.25, 0.3) is 0 Å². The Morgan fingerprint density at radius 2 is 1.90 bits per heavy atom. The highest BCUT2D eigenvalue weighted by Gasteiger charge is 2.28. The number of carbonyl (C=O) groups excluding carboxylic acids is 2. The highest BCUT2D eigenvalue weighted by atomic mass is 16.5. The Morgan fingerprint density at radius 3 is 2.52 bits per heavy atom. The minimum atomic E-state index is -0.229. The van der Waals surface area contributed by atoms with Gasteiger partial charge in [0.15, 0.2) is 0 Å². The summed E-state index contributed by atoms with van der Waals surface area (Å²) in [6, 6.07) is 2.64. The Balaban J connectivity index is 1.72. The van der Waals surface area contributed by atoms with Crippen molar-refractivity contribution >= 4 is 17.7 Å². The molecule has 0 unspecified atom stereocenters. The monoisotopic (exact) mass is 428 g/mol. The highest BCUT2D eigenvalue weighted by Crippen LogP contribution is 2.36. The molecule has 2 aliphatic rings. The molecule has 7 heteroatoms. The maximum Gasteiger partial charge on any atom is 0.307 e. The van der Waals surface area contributed by atoms with Crippen molar-refractivity contribution in [2.24, 2.45) is 5.92 Å². The van der Waals surface area contributed by atoms with Gasteiger partial charge in [0, 0.05) is 24.8 Å². The normalized spacial score (nSPS) is 16.9. The maximum absolute atomic E-state index is 13.0. The summed E-state index contributed by atoms with van der Waals surface area (Å²) in [6.45, 7) is 7.71. The standard InChI is InChI=1S/C24H36N4O3/c1-4-31-23(30)12-13-27(15-19-10-11-19)16-22(29)26-24-21(14-25)17(2)18(3)28(24)20-8-6-5-7-9-20/h19-20H,4-13,15-16H2,1-3H3,(H,26,29). The number of nitriles is 1. The number of hydrogen-bond donors (Lipinski definition) is 1. The summed E-state index contributed by atoms with van der Waals surface area (Å²) in [5.41, 5.74) is 2.58. The Hall–Kier alpha value is -2.33. The zero-order valence-corrected chi connectivity index (χ0v) is 19.2. The first-order valence-corrected chi connectivity index (χ1v) is 11.7. The van der Waals surface area contributed by atoms with Crippen LogP contribution in [0.1, 0.15) is 81.2 Å². The molecule has 0 aromatic carbocycles. The summed E-state index contributed by atoms with van der Waals surface area (Å²) >= 11 is 0. The van der Waals surface area contributed by atoms with Crippen LogP contribution in [0.2, 0.25) is 0 Å². The summed E-state index contributed by atoms with van der Waals surface area (Å²) in [4.78, 5) is 26.9. The summed E-state index contributed by atoms with van der Waals surface area (Å²) in [6.07, 6.45) is 8.41. The van der Waals surface area contributed by atoms with E-state index in [1.54, 1.807) is 6.92 Å². The highest BCUT2D eigenvalue weighted by molar-refractivity contribution is 5.93. The third-order valence-electron chi connectivity index (χ3n) is 6.58. The smallest absolute Gasteiger partial charge is 0.307 e. The quantitative estimate of drug-likeness (QED) is 0.567. The van der Waals surface area contributed by atoms with Crippen LogP contribution in [-0.4, -0.2) is 47.6 Å². The average Bonchev–Trinajstić information content (AvgIpc) is 3.53. The van der Waals surface area contributed by atoms with Crippen LogP contribution in [0.5, 0.6) is 0 Å². The van der Waals surface area contributed by atoms with Crippen molar-refractivity contribution in [3.63, 3.8) is 0 Å². The van der Waals surface area contributed by atoms with E-state index in [2.05, 4.69) is 16.0 Å². The molecule has 1 N–H and O–H groups in total. The van der Waals surface area contributed by atoms with Crippen molar-refractivity contribution in [2.75, 3.05) is 31.6 Å². The van der Waals surface area contributed by atoms with Crippen LogP contribution >= 0.6 is 0 Å². The average molecular weight is 429 g/mol. The van der Waals surface area contributed by atoms with Crippen molar-refractivity contribution in [1.29, 1.82) is 5.26 Å². The van der Waals surface area contributed by atoms with Gasteiger partial charge in [-0.3, -0.25) is 14.5 Å². The van der Waals surface area contributed by atoms with Gasteiger partial charge in [0.25, 0.3) is 0 Å². The molecular formula is C24H36N4O3. The molecule has 7 nitrogen and oxygen atoms in total. The molecule has 0 bridgehead atoms. The lowest BCUT2D eigenvalue weighted by atomic mass is 9.95. The lowest BCUT2D eigenvalue weighted by Gasteiger charge is -2.27. The molecule has 0 spiro atoms. The fraction of sp³-hybridized carbons (Fsp3) is 0.708. The number of aromatic nitrogens is 1. The molecule has 170 valence electrons. The topological polar surface area (TPSA) is 87.4 Å². The second kappa shape index (κ2) is 10.8. The number of amides is 1. The van der Waals surface area contributed by atoms with Crippen molar-refractivity contribution in [2.45, 2.75) is 78.2 Å². The van der Waals surface area contributed by atoms with Crippen molar-refractivity contribution < 1.29 is 14.3 Å². The molecule has 2 aliphatic carbocycles. The van der Waals surface area contributed by atoms with Gasteiger partial charge in [0.05, 0.1) is 25.1 Å². The van der Waals surface area contributed by atoms with Crippen molar-refractivity contribution in [1.82, 2.24) is 9.47 Å². The van der Waals surface area contributed by atoms with Crippen LogP contribution in [0, 0.1) is 31.1 Å². The molecule has 2 fully saturated rings. The Labute approximate surface area is 185 Å². The molecule has 1 aromatic rings. The fourth-order valence-electron chi connectivity index (χ4n) is 4.64. The Kier molecular flexibility index (Phi) is 8.14. The van der Waals surface area contributed by atoms with Gasteiger partial charge < -0.3 is 14.6 Å². The maximum atomic E-state index is 13.0. The van der Waals surface area contributed by atoms with Gasteiger partial charge >= 0.3 is 5.97 Å². The Bertz CT molecular complexity index is 829. The molecule has 0 atom stereocenters. The molecule has 1 heterocycles. The van der Waals surface area contributed by atoms with Gasteiger partial charge in [-0.2, -0.15) is 5.26 Å². The zero-order chi connectivity index (χ0) is 22.4. The molecule has 2 saturated carbocycles. The molecule has 0 radical (unpaired) electrons. The van der Waals surface area contributed by atoms with E-state index in [1.807, 2.05) is 18.7 Å². The Morgan fingerprint density at radius 1 is 1.19 bits per heavy atom. The van der Waals surface area contributed by atoms with E-state index in [0.29, 0.717) is 36.5 Å². The third-order valence-corrected chi connectivity index (χ3v) is 6.58. The van der Waals surface area contributed by atoms with E-state index in [-0.39, 0.29) is 24.8 Å². The van der Waals surface area contributed by atoms with Gasteiger partial charge in [-0.1, -0.05) is 19.3 Å². The lowest BCUT2D eigenvalue weighted by Crippen LogP contribution is -2.37. The molecule has 1 amide bonds. The summed E-state index contributed by atoms with van der Waals surface area (Å²) in [7, 11) is 0. The largest absolute Gasteiger partial charge is 0.466 e. The van der Waals surface area contributed by atoms with E-state index in [4.69, 9.17) is 4.74 Å². The molecule has 0 saturated heterocycles. The van der Waals surface area contributed by atoms with Crippen molar-refractivity contribution in [3.8, 4) is 6.07 Å². The van der Waals surface area contributed by atoms with Gasteiger partial charge in [0.1, 0.15) is 11.9 Å². The van der Waals surface area contributed by atoms with E-state index < -0.39 is 0 Å². The molecule has 1 aromatic heterocycles. The predicted molar refractivity (Wildman–Crippen MR) is 120 cm³/mol. The summed E-state index contributed by atoms with van der Waals surface area (Å²) in [5, 5.41) is 12.8. The number of anilines is 1.